The molecule has 0 radical (unpaired) electrons. The molecule has 0 saturated carbocycles. The van der Waals surface area contributed by atoms with Gasteiger partial charge in [-0.15, -0.1) is 11.3 Å². The topological polar surface area (TPSA) is 119 Å². The molecule has 0 spiro atoms. The lowest BCUT2D eigenvalue weighted by molar-refractivity contribution is -0.117. The van der Waals surface area contributed by atoms with Gasteiger partial charge in [0.25, 0.3) is 5.91 Å². The Kier molecular flexibility index (Phi) is 7.88. The van der Waals surface area contributed by atoms with Gasteiger partial charge in [0.05, 0.1) is 32.9 Å². The summed E-state index contributed by atoms with van der Waals surface area (Å²) in [6.45, 7) is 12.6. The molecule has 0 fully saturated rings. The third-order valence-corrected chi connectivity index (χ3v) is 7.82. The predicted molar refractivity (Wildman–Crippen MR) is 145 cm³/mol. The SMILES string of the molecule is C=CCOC(=O)c1sc(N2C(=O)C(O)=C(C(=O)c3sc(C)nc3C)C2c2cccc(OCC=C)c2)nc1C. The first kappa shape index (κ1) is 27.0. The van der Waals surface area contributed by atoms with E-state index < -0.39 is 29.5 Å². The summed E-state index contributed by atoms with van der Waals surface area (Å²) in [5, 5.41) is 11.9. The maximum atomic E-state index is 13.8. The second-order valence-electron chi connectivity index (χ2n) is 8.29. The summed E-state index contributed by atoms with van der Waals surface area (Å²) in [4.78, 5) is 50.3. The zero-order valence-electron chi connectivity index (χ0n) is 21.0. The maximum absolute atomic E-state index is 13.8. The number of thiazole rings is 2. The highest BCUT2D eigenvalue weighted by molar-refractivity contribution is 7.17. The Morgan fingerprint density at radius 1 is 1.08 bits per heavy atom. The molecule has 9 nitrogen and oxygen atoms in total. The fourth-order valence-corrected chi connectivity index (χ4v) is 5.88. The Morgan fingerprint density at radius 2 is 1.79 bits per heavy atom. The molecular weight excluding hydrogens is 526 g/mol. The van der Waals surface area contributed by atoms with Gasteiger partial charge in [-0.2, -0.15) is 0 Å². The molecule has 0 aliphatic carbocycles. The van der Waals surface area contributed by atoms with Crippen molar-refractivity contribution in [2.45, 2.75) is 26.8 Å². The van der Waals surface area contributed by atoms with Crippen LogP contribution in [-0.2, 0) is 9.53 Å². The minimum Gasteiger partial charge on any atom is -0.503 e. The first-order valence-electron chi connectivity index (χ1n) is 11.5. The number of anilines is 1. The van der Waals surface area contributed by atoms with Crippen LogP contribution >= 0.6 is 22.7 Å². The number of aliphatic hydroxyl groups excluding tert-OH is 1. The van der Waals surface area contributed by atoms with Crippen molar-refractivity contribution >= 4 is 45.5 Å². The molecule has 196 valence electrons. The van der Waals surface area contributed by atoms with E-state index in [0.717, 1.165) is 11.3 Å². The first-order valence-corrected chi connectivity index (χ1v) is 13.2. The second-order valence-corrected chi connectivity index (χ2v) is 10.5. The van der Waals surface area contributed by atoms with E-state index in [0.29, 0.717) is 32.6 Å². The molecule has 3 aromatic rings. The van der Waals surface area contributed by atoms with E-state index in [1.807, 2.05) is 0 Å². The number of ether oxygens (including phenoxy) is 2. The number of amides is 1. The Bertz CT molecular complexity index is 1490. The minimum atomic E-state index is -1.04. The van der Waals surface area contributed by atoms with Gasteiger partial charge >= 0.3 is 5.97 Å². The Balaban J connectivity index is 1.85. The van der Waals surface area contributed by atoms with Crippen LogP contribution in [0.4, 0.5) is 5.13 Å². The van der Waals surface area contributed by atoms with Crippen LogP contribution in [0.1, 0.15) is 47.3 Å². The monoisotopic (exact) mass is 551 g/mol. The van der Waals surface area contributed by atoms with Crippen molar-refractivity contribution in [1.82, 2.24) is 9.97 Å². The van der Waals surface area contributed by atoms with Crippen LogP contribution in [0.3, 0.4) is 0 Å². The smallest absolute Gasteiger partial charge is 0.350 e. The molecule has 0 saturated heterocycles. The normalized spacial score (nSPS) is 15.1. The van der Waals surface area contributed by atoms with Crippen molar-refractivity contribution in [3.63, 3.8) is 0 Å². The van der Waals surface area contributed by atoms with Gasteiger partial charge in [-0.1, -0.05) is 48.8 Å². The molecular formula is C27H25N3O6S2. The summed E-state index contributed by atoms with van der Waals surface area (Å²) in [5.74, 6) is -2.14. The molecule has 1 aliphatic heterocycles. The van der Waals surface area contributed by atoms with E-state index in [9.17, 15) is 19.5 Å². The molecule has 2 aromatic heterocycles. The maximum Gasteiger partial charge on any atom is 0.350 e. The van der Waals surface area contributed by atoms with E-state index in [4.69, 9.17) is 9.47 Å². The van der Waals surface area contributed by atoms with Gasteiger partial charge in [-0.25, -0.2) is 14.8 Å². The molecule has 1 N–H and O–H groups in total. The molecule has 11 heteroatoms. The number of ketones is 1. The number of hydrogen-bond acceptors (Lipinski definition) is 10. The van der Waals surface area contributed by atoms with Gasteiger partial charge < -0.3 is 14.6 Å². The van der Waals surface area contributed by atoms with Crippen LogP contribution in [0.15, 0.2) is 60.9 Å². The highest BCUT2D eigenvalue weighted by Crippen LogP contribution is 2.45. The van der Waals surface area contributed by atoms with Gasteiger partial charge in [-0.05, 0) is 38.5 Å². The largest absolute Gasteiger partial charge is 0.503 e. The molecule has 1 amide bonds. The van der Waals surface area contributed by atoms with Gasteiger partial charge in [0.1, 0.15) is 23.8 Å². The van der Waals surface area contributed by atoms with Crippen molar-refractivity contribution in [1.29, 1.82) is 0 Å². The fourth-order valence-electron chi connectivity index (χ4n) is 4.02. The van der Waals surface area contributed by atoms with E-state index >= 15 is 0 Å². The van der Waals surface area contributed by atoms with Crippen LogP contribution in [0.2, 0.25) is 0 Å². The lowest BCUT2D eigenvalue weighted by Gasteiger charge is -2.24. The number of rotatable bonds is 10. The van der Waals surface area contributed by atoms with Crippen molar-refractivity contribution < 1.29 is 29.0 Å². The van der Waals surface area contributed by atoms with Crippen LogP contribution < -0.4 is 9.64 Å². The minimum absolute atomic E-state index is 0.0168. The summed E-state index contributed by atoms with van der Waals surface area (Å²) < 4.78 is 10.8. The number of aryl methyl sites for hydroxylation is 3. The second kappa shape index (κ2) is 11.1. The highest BCUT2D eigenvalue weighted by atomic mass is 32.1. The molecule has 1 aromatic carbocycles. The van der Waals surface area contributed by atoms with Crippen molar-refractivity contribution in [2.75, 3.05) is 18.1 Å². The van der Waals surface area contributed by atoms with Crippen molar-refractivity contribution in [3.05, 3.63) is 92.6 Å². The van der Waals surface area contributed by atoms with Crippen molar-refractivity contribution in [2.24, 2.45) is 0 Å². The molecule has 1 unspecified atom stereocenters. The fraction of sp³-hybridized carbons (Fsp3) is 0.222. The lowest BCUT2D eigenvalue weighted by atomic mass is 9.95. The van der Waals surface area contributed by atoms with E-state index in [2.05, 4.69) is 23.1 Å². The number of Topliss-reactive ketones (excluding diaryl/α,β-unsaturated/α-hetero) is 1. The summed E-state index contributed by atoms with van der Waals surface area (Å²) in [6.07, 6.45) is 3.04. The van der Waals surface area contributed by atoms with Gasteiger partial charge in [0.2, 0.25) is 5.78 Å². The molecule has 4 rings (SSSR count). The van der Waals surface area contributed by atoms with Gasteiger partial charge in [0, 0.05) is 0 Å². The highest BCUT2D eigenvalue weighted by Gasteiger charge is 2.47. The summed E-state index contributed by atoms with van der Waals surface area (Å²) in [7, 11) is 0. The zero-order chi connectivity index (χ0) is 27.6. The molecule has 0 bridgehead atoms. The number of benzene rings is 1. The quantitative estimate of drug-likeness (QED) is 0.207. The third-order valence-electron chi connectivity index (χ3n) is 5.61. The third kappa shape index (κ3) is 5.02. The van der Waals surface area contributed by atoms with Gasteiger partial charge in [0.15, 0.2) is 10.9 Å². The Labute approximate surface area is 227 Å². The average Bonchev–Trinajstić information content (AvgIpc) is 3.53. The Hall–Kier alpha value is -4.09. The molecule has 38 heavy (non-hydrogen) atoms. The van der Waals surface area contributed by atoms with Crippen LogP contribution in [0, 0.1) is 20.8 Å². The summed E-state index contributed by atoms with van der Waals surface area (Å²) in [6, 6.07) is 5.83. The number of esters is 1. The summed E-state index contributed by atoms with van der Waals surface area (Å²) >= 11 is 2.12. The number of carbonyl (C=O) groups excluding carboxylic acids is 3. The number of hydrogen-bond donors (Lipinski definition) is 1. The van der Waals surface area contributed by atoms with Gasteiger partial charge in [-0.3, -0.25) is 14.5 Å². The number of carbonyl (C=O) groups is 3. The average molecular weight is 552 g/mol. The number of aliphatic hydroxyl groups is 1. The number of nitrogens with zero attached hydrogens (tertiary/aromatic N) is 3. The van der Waals surface area contributed by atoms with E-state index in [1.54, 1.807) is 51.1 Å². The van der Waals surface area contributed by atoms with Crippen LogP contribution in [0.5, 0.6) is 5.75 Å². The van der Waals surface area contributed by atoms with E-state index in [-0.39, 0.29) is 28.8 Å². The molecule has 1 aliphatic rings. The standard InChI is InChI=1S/C27H25N3O6S2/c1-6-11-35-18-10-8-9-17(13-18)20-19(21(31)23-14(3)28-16(5)37-23)22(32)25(33)30(20)27-29-15(4)24(38-27)26(34)36-12-7-2/h6-10,13,20,32H,1-2,11-12H2,3-5H3. The number of aromatic nitrogens is 2. The Morgan fingerprint density at radius 3 is 2.45 bits per heavy atom. The van der Waals surface area contributed by atoms with E-state index in [1.165, 1.54) is 22.3 Å². The first-order chi connectivity index (χ1) is 18.2. The lowest BCUT2D eigenvalue weighted by Crippen LogP contribution is -2.31. The van der Waals surface area contributed by atoms with Crippen molar-refractivity contribution in [3.8, 4) is 5.75 Å². The zero-order valence-corrected chi connectivity index (χ0v) is 22.6. The van der Waals surface area contributed by atoms with Crippen LogP contribution in [-0.4, -0.2) is 45.9 Å². The van der Waals surface area contributed by atoms with Crippen LogP contribution in [0.25, 0.3) is 0 Å². The predicted octanol–water partition coefficient (Wildman–Crippen LogP) is 5.22. The molecule has 1 atom stereocenters. The summed E-state index contributed by atoms with van der Waals surface area (Å²) in [5.41, 5.74) is 1.26. The molecule has 3 heterocycles.